The minimum absolute atomic E-state index is 0. The summed E-state index contributed by atoms with van der Waals surface area (Å²) in [5.41, 5.74) is 0.610. The Kier molecular flexibility index (Phi) is 10.1. The number of anilines is 1. The fourth-order valence-electron chi connectivity index (χ4n) is 3.63. The van der Waals surface area contributed by atoms with E-state index < -0.39 is 38.3 Å². The predicted octanol–water partition coefficient (Wildman–Crippen LogP) is -2.76. The number of amides is 1. The quantitative estimate of drug-likeness (QED) is 0.230. The number of ether oxygens (including phenoxy) is 2. The first-order valence-electron chi connectivity index (χ1n) is 10.3. The molecule has 4 rings (SSSR count). The molecule has 0 aromatic carbocycles. The number of esters is 1. The van der Waals surface area contributed by atoms with E-state index in [1.807, 2.05) is 13.8 Å². The summed E-state index contributed by atoms with van der Waals surface area (Å²) in [5.74, 6) is -0.506. The molecule has 2 fully saturated rings. The second-order valence-electron chi connectivity index (χ2n) is 7.43. The van der Waals surface area contributed by atoms with Gasteiger partial charge in [0.05, 0.1) is 12.9 Å². The van der Waals surface area contributed by atoms with Crippen molar-refractivity contribution in [1.29, 1.82) is 0 Å². The average Bonchev–Trinajstić information content (AvgIpc) is 3.30. The van der Waals surface area contributed by atoms with Gasteiger partial charge in [-0.3, -0.25) is 18.7 Å². The van der Waals surface area contributed by atoms with E-state index in [9.17, 15) is 19.0 Å². The Morgan fingerprint density at radius 2 is 2.00 bits per heavy atom. The van der Waals surface area contributed by atoms with Gasteiger partial charge < -0.3 is 34.2 Å². The van der Waals surface area contributed by atoms with E-state index in [-0.39, 0.29) is 59.8 Å². The molecule has 1 amide bonds. The van der Waals surface area contributed by atoms with E-state index in [1.54, 1.807) is 0 Å². The Balaban J connectivity index is 0.00000204. The molecule has 5 atom stereocenters. The molecule has 2 aliphatic heterocycles. The first-order chi connectivity index (χ1) is 15.3. The summed E-state index contributed by atoms with van der Waals surface area (Å²) in [7, 11) is -4.55. The summed E-state index contributed by atoms with van der Waals surface area (Å²) in [6, 6.07) is 0. The Labute approximate surface area is 216 Å². The number of carbonyl (C=O) groups excluding carboxylic acids is 2. The first-order valence-corrected chi connectivity index (χ1v) is 11.7. The van der Waals surface area contributed by atoms with E-state index in [2.05, 4.69) is 20.3 Å². The maximum absolute atomic E-state index is 12.2. The average molecular weight is 509 g/mol. The molecule has 0 aliphatic carbocycles. The van der Waals surface area contributed by atoms with Crippen LogP contribution in [-0.2, 0) is 32.7 Å². The summed E-state index contributed by atoms with van der Waals surface area (Å²) >= 11 is 0. The molecule has 16 heteroatoms. The molecular formula is C18H25N5NaO9P. The van der Waals surface area contributed by atoms with E-state index in [0.29, 0.717) is 30.4 Å². The number of imidazole rings is 1. The van der Waals surface area contributed by atoms with E-state index in [4.69, 9.17) is 18.5 Å². The molecular weight excluding hydrogens is 484 g/mol. The SMILES string of the molecule is CCCC(=O)Nc1ncnc2c1ncn2C1OC2COP(=O)([O-])OC2C1OC(=O)CCC.O.[Na+]. The summed E-state index contributed by atoms with van der Waals surface area (Å²) < 4.78 is 34.7. The van der Waals surface area contributed by atoms with Crippen LogP contribution in [0, 0.1) is 0 Å². The molecule has 0 bridgehead atoms. The topological polar surface area (TPSA) is 198 Å². The van der Waals surface area contributed by atoms with Crippen LogP contribution in [0.2, 0.25) is 0 Å². The number of phosphoric acid groups is 1. The van der Waals surface area contributed by atoms with Crippen LogP contribution in [-0.4, -0.2) is 61.8 Å². The van der Waals surface area contributed by atoms with E-state index in [0.717, 1.165) is 0 Å². The standard InChI is InChI=1S/C18H24N5O8P.Na.H2O/c1-3-5-11(24)22-16-13-17(20-8-19-16)23(9-21-13)18-15(30-12(25)6-4-2)14-10(29-18)7-28-32(26,27)31-14;;/h8-10,14-15,18H,3-7H2,1-2H3,(H,26,27)(H,19,20,22,24);;1H2/q;+1;/p-1. The van der Waals surface area contributed by atoms with Gasteiger partial charge in [-0.15, -0.1) is 0 Å². The zero-order chi connectivity index (χ0) is 22.9. The third-order valence-corrected chi connectivity index (χ3v) is 5.99. The summed E-state index contributed by atoms with van der Waals surface area (Å²) in [6.45, 7) is 3.43. The van der Waals surface area contributed by atoms with Crippen LogP contribution in [0.1, 0.15) is 45.8 Å². The number of phosphoric ester groups is 1. The molecule has 2 aromatic rings. The predicted molar refractivity (Wildman–Crippen MR) is 110 cm³/mol. The largest absolute Gasteiger partial charge is 1.00 e. The molecule has 14 nitrogen and oxygen atoms in total. The van der Waals surface area contributed by atoms with Crippen LogP contribution in [0.25, 0.3) is 11.2 Å². The van der Waals surface area contributed by atoms with Crippen molar-refractivity contribution in [2.75, 3.05) is 11.9 Å². The van der Waals surface area contributed by atoms with Crippen LogP contribution < -0.4 is 39.8 Å². The van der Waals surface area contributed by atoms with Gasteiger partial charge in [-0.2, -0.15) is 0 Å². The number of hydrogen-bond donors (Lipinski definition) is 1. The summed E-state index contributed by atoms with van der Waals surface area (Å²) in [4.78, 5) is 48.7. The van der Waals surface area contributed by atoms with Gasteiger partial charge in [-0.05, 0) is 12.8 Å². The van der Waals surface area contributed by atoms with E-state index in [1.165, 1.54) is 17.2 Å². The Bertz CT molecular complexity index is 1070. The van der Waals surface area contributed by atoms with Gasteiger partial charge in [0.1, 0.15) is 18.5 Å². The Morgan fingerprint density at radius 3 is 2.71 bits per heavy atom. The molecule has 4 heterocycles. The van der Waals surface area contributed by atoms with Crippen molar-refractivity contribution in [3.63, 3.8) is 0 Å². The Morgan fingerprint density at radius 1 is 1.26 bits per heavy atom. The fourth-order valence-corrected chi connectivity index (χ4v) is 4.57. The van der Waals surface area contributed by atoms with Gasteiger partial charge in [0.25, 0.3) is 7.82 Å². The number of aromatic nitrogens is 4. The first kappa shape index (κ1) is 28.8. The van der Waals surface area contributed by atoms with Crippen molar-refractivity contribution in [2.24, 2.45) is 0 Å². The van der Waals surface area contributed by atoms with Crippen molar-refractivity contribution in [2.45, 2.75) is 64.1 Å². The third kappa shape index (κ3) is 6.01. The fraction of sp³-hybridized carbons (Fsp3) is 0.611. The van der Waals surface area contributed by atoms with E-state index >= 15 is 0 Å². The molecule has 3 N–H and O–H groups in total. The number of nitrogens with one attached hydrogen (secondary N) is 1. The number of rotatable bonds is 7. The molecule has 34 heavy (non-hydrogen) atoms. The van der Waals surface area contributed by atoms with Crippen LogP contribution in [0.3, 0.4) is 0 Å². The zero-order valence-electron chi connectivity index (χ0n) is 19.0. The number of fused-ring (bicyclic) bond motifs is 2. The van der Waals surface area contributed by atoms with Crippen molar-refractivity contribution in [3.8, 4) is 0 Å². The van der Waals surface area contributed by atoms with Crippen LogP contribution >= 0.6 is 7.82 Å². The second kappa shape index (κ2) is 12.0. The molecule has 2 aromatic heterocycles. The summed E-state index contributed by atoms with van der Waals surface area (Å²) in [5, 5.41) is 2.70. The van der Waals surface area contributed by atoms with Gasteiger partial charge in [-0.1, -0.05) is 13.8 Å². The molecule has 0 radical (unpaired) electrons. The third-order valence-electron chi connectivity index (χ3n) is 5.02. The Hall–Kier alpha value is -1.48. The maximum atomic E-state index is 12.2. The molecule has 0 spiro atoms. The molecule has 182 valence electrons. The molecule has 2 aliphatic rings. The minimum Gasteiger partial charge on any atom is -0.756 e. The zero-order valence-corrected chi connectivity index (χ0v) is 21.9. The van der Waals surface area contributed by atoms with Gasteiger partial charge in [0.15, 0.2) is 29.3 Å². The van der Waals surface area contributed by atoms with Gasteiger partial charge >= 0.3 is 35.5 Å². The number of carbonyl (C=O) groups is 2. The molecule has 2 saturated heterocycles. The van der Waals surface area contributed by atoms with Gasteiger partial charge in [0.2, 0.25) is 5.91 Å². The van der Waals surface area contributed by atoms with Crippen molar-refractivity contribution < 1.29 is 72.6 Å². The monoisotopic (exact) mass is 509 g/mol. The second-order valence-corrected chi connectivity index (χ2v) is 8.79. The van der Waals surface area contributed by atoms with Crippen molar-refractivity contribution >= 4 is 36.7 Å². The van der Waals surface area contributed by atoms with Crippen molar-refractivity contribution in [1.82, 2.24) is 19.5 Å². The maximum Gasteiger partial charge on any atom is 1.00 e. The molecule has 0 saturated carbocycles. The summed E-state index contributed by atoms with van der Waals surface area (Å²) in [6.07, 6.45) is 0.404. The minimum atomic E-state index is -4.55. The molecule has 5 unspecified atom stereocenters. The number of hydrogen-bond acceptors (Lipinski definition) is 11. The smallest absolute Gasteiger partial charge is 0.756 e. The normalized spacial score (nSPS) is 27.9. The van der Waals surface area contributed by atoms with Crippen LogP contribution in [0.15, 0.2) is 12.7 Å². The van der Waals surface area contributed by atoms with Crippen molar-refractivity contribution in [3.05, 3.63) is 12.7 Å². The number of nitrogens with zero attached hydrogens (tertiary/aromatic N) is 4. The van der Waals surface area contributed by atoms with Gasteiger partial charge in [0, 0.05) is 12.8 Å². The van der Waals surface area contributed by atoms with Crippen LogP contribution in [0.4, 0.5) is 5.82 Å². The van der Waals surface area contributed by atoms with Crippen LogP contribution in [0.5, 0.6) is 0 Å². The van der Waals surface area contributed by atoms with Gasteiger partial charge in [-0.25, -0.2) is 15.0 Å².